The molecule has 0 radical (unpaired) electrons. The van der Waals surface area contributed by atoms with E-state index in [2.05, 4.69) is 15.9 Å². The summed E-state index contributed by atoms with van der Waals surface area (Å²) in [6.45, 7) is 0. The molecule has 0 heterocycles. The quantitative estimate of drug-likeness (QED) is 0.765. The minimum absolute atomic E-state index is 0.166. The van der Waals surface area contributed by atoms with Crippen molar-refractivity contribution in [3.05, 3.63) is 28.5 Å². The van der Waals surface area contributed by atoms with Crippen LogP contribution in [0.5, 0.6) is 0 Å². The van der Waals surface area contributed by atoms with Crippen LogP contribution in [-0.4, -0.2) is 5.25 Å². The topological polar surface area (TPSA) is 0 Å². The Morgan fingerprint density at radius 2 is 2.17 bits per heavy atom. The third kappa shape index (κ3) is 2.02. The van der Waals surface area contributed by atoms with E-state index in [9.17, 15) is 4.39 Å². The van der Waals surface area contributed by atoms with Gasteiger partial charge in [-0.05, 0) is 47.0 Å². The van der Waals surface area contributed by atoms with Gasteiger partial charge < -0.3 is 0 Å². The zero-order chi connectivity index (χ0) is 8.55. The molecule has 1 fully saturated rings. The number of benzene rings is 1. The fourth-order valence-corrected chi connectivity index (χ4v) is 2.25. The molecule has 0 atom stereocenters. The summed E-state index contributed by atoms with van der Waals surface area (Å²) in [4.78, 5) is 1.04. The summed E-state index contributed by atoms with van der Waals surface area (Å²) < 4.78 is 13.5. The summed E-state index contributed by atoms with van der Waals surface area (Å²) in [5, 5.41) is 0.741. The molecule has 1 aromatic rings. The maximum Gasteiger partial charge on any atom is 0.138 e. The van der Waals surface area contributed by atoms with Crippen molar-refractivity contribution in [1.82, 2.24) is 0 Å². The number of thioether (sulfide) groups is 1. The number of halogens is 2. The van der Waals surface area contributed by atoms with Gasteiger partial charge in [0, 0.05) is 10.1 Å². The second-order valence-electron chi connectivity index (χ2n) is 2.89. The summed E-state index contributed by atoms with van der Waals surface area (Å²) in [6.07, 6.45) is 2.56. The summed E-state index contributed by atoms with van der Waals surface area (Å²) in [7, 11) is 0. The van der Waals surface area contributed by atoms with Crippen molar-refractivity contribution in [3.8, 4) is 0 Å². The highest BCUT2D eigenvalue weighted by atomic mass is 79.9. The van der Waals surface area contributed by atoms with E-state index >= 15 is 0 Å². The van der Waals surface area contributed by atoms with Crippen LogP contribution in [0.2, 0.25) is 0 Å². The van der Waals surface area contributed by atoms with Crippen LogP contribution in [0.15, 0.2) is 27.6 Å². The minimum atomic E-state index is -0.166. The average Bonchev–Trinajstić information content (AvgIpc) is 2.81. The first-order valence-electron chi connectivity index (χ1n) is 3.87. The molecule has 0 unspecified atom stereocenters. The fourth-order valence-electron chi connectivity index (χ4n) is 0.929. The minimum Gasteiger partial charge on any atom is -0.206 e. The maximum atomic E-state index is 13.0. The third-order valence-corrected chi connectivity index (χ3v) is 3.69. The van der Waals surface area contributed by atoms with E-state index in [1.165, 1.54) is 12.8 Å². The van der Waals surface area contributed by atoms with Crippen LogP contribution in [-0.2, 0) is 0 Å². The van der Waals surface area contributed by atoms with Crippen molar-refractivity contribution >= 4 is 27.7 Å². The van der Waals surface area contributed by atoms with E-state index < -0.39 is 0 Å². The molecule has 0 aromatic heterocycles. The Balaban J connectivity index is 2.15. The zero-order valence-corrected chi connectivity index (χ0v) is 8.79. The van der Waals surface area contributed by atoms with Crippen LogP contribution < -0.4 is 0 Å². The van der Waals surface area contributed by atoms with Crippen LogP contribution in [0.25, 0.3) is 0 Å². The standard InChI is InChI=1S/C9H8BrFS/c10-8-4-3-7(5-9(8)11)12-6-1-2-6/h3-6H,1-2H2. The van der Waals surface area contributed by atoms with Crippen molar-refractivity contribution in [3.63, 3.8) is 0 Å². The van der Waals surface area contributed by atoms with Gasteiger partial charge in [-0.2, -0.15) is 0 Å². The smallest absolute Gasteiger partial charge is 0.138 e. The van der Waals surface area contributed by atoms with Gasteiger partial charge in [-0.1, -0.05) is 0 Å². The van der Waals surface area contributed by atoms with E-state index in [1.54, 1.807) is 23.9 Å². The molecule has 0 bridgehead atoms. The Labute approximate surface area is 83.7 Å². The van der Waals surface area contributed by atoms with Crippen LogP contribution >= 0.6 is 27.7 Å². The summed E-state index contributed by atoms with van der Waals surface area (Å²) in [6, 6.07) is 5.31. The van der Waals surface area contributed by atoms with Crippen molar-refractivity contribution in [2.75, 3.05) is 0 Å². The number of hydrogen-bond acceptors (Lipinski definition) is 1. The summed E-state index contributed by atoms with van der Waals surface area (Å²) in [5.41, 5.74) is 0. The molecule has 2 rings (SSSR count). The monoisotopic (exact) mass is 246 g/mol. The maximum absolute atomic E-state index is 13.0. The van der Waals surface area contributed by atoms with Crippen LogP contribution in [0.4, 0.5) is 4.39 Å². The van der Waals surface area contributed by atoms with E-state index in [1.807, 2.05) is 6.07 Å². The SMILES string of the molecule is Fc1cc(SC2CC2)ccc1Br. The Morgan fingerprint density at radius 3 is 2.75 bits per heavy atom. The third-order valence-electron chi connectivity index (χ3n) is 1.72. The summed E-state index contributed by atoms with van der Waals surface area (Å²) in [5.74, 6) is -0.166. The normalized spacial score (nSPS) is 16.5. The molecule has 1 saturated carbocycles. The molecule has 1 aliphatic rings. The van der Waals surface area contributed by atoms with Crippen LogP contribution in [0.3, 0.4) is 0 Å². The van der Waals surface area contributed by atoms with E-state index in [-0.39, 0.29) is 5.82 Å². The zero-order valence-electron chi connectivity index (χ0n) is 6.39. The van der Waals surface area contributed by atoms with Gasteiger partial charge in [0.15, 0.2) is 0 Å². The van der Waals surface area contributed by atoms with Crippen molar-refractivity contribution in [2.24, 2.45) is 0 Å². The van der Waals surface area contributed by atoms with E-state index in [0.717, 1.165) is 10.1 Å². The first-order valence-corrected chi connectivity index (χ1v) is 5.54. The Hall–Kier alpha value is -0.0200. The predicted octanol–water partition coefficient (Wildman–Crippen LogP) is 3.84. The molecule has 1 aliphatic carbocycles. The molecule has 0 nitrogen and oxygen atoms in total. The predicted molar refractivity (Wildman–Crippen MR) is 53.0 cm³/mol. The molecule has 1 aromatic carbocycles. The lowest BCUT2D eigenvalue weighted by Crippen LogP contribution is -1.80. The largest absolute Gasteiger partial charge is 0.206 e. The number of rotatable bonds is 2. The highest BCUT2D eigenvalue weighted by Crippen LogP contribution is 2.39. The molecule has 0 saturated heterocycles. The van der Waals surface area contributed by atoms with Gasteiger partial charge in [-0.25, -0.2) is 4.39 Å². The molecular weight excluding hydrogens is 239 g/mol. The van der Waals surface area contributed by atoms with Crippen LogP contribution in [0.1, 0.15) is 12.8 Å². The average molecular weight is 247 g/mol. The molecule has 64 valence electrons. The van der Waals surface area contributed by atoms with Gasteiger partial charge in [0.2, 0.25) is 0 Å². The van der Waals surface area contributed by atoms with Gasteiger partial charge >= 0.3 is 0 Å². The Morgan fingerprint density at radius 1 is 1.42 bits per heavy atom. The molecule has 0 aliphatic heterocycles. The Kier molecular flexibility index (Phi) is 2.42. The molecule has 3 heteroatoms. The van der Waals surface area contributed by atoms with Crippen molar-refractivity contribution in [1.29, 1.82) is 0 Å². The van der Waals surface area contributed by atoms with Crippen molar-refractivity contribution in [2.45, 2.75) is 23.0 Å². The van der Waals surface area contributed by atoms with Gasteiger partial charge in [0.1, 0.15) is 5.82 Å². The molecule has 0 spiro atoms. The van der Waals surface area contributed by atoms with E-state index in [4.69, 9.17) is 0 Å². The van der Waals surface area contributed by atoms with Gasteiger partial charge in [-0.15, -0.1) is 11.8 Å². The summed E-state index contributed by atoms with van der Waals surface area (Å²) >= 11 is 4.90. The van der Waals surface area contributed by atoms with Gasteiger partial charge in [0.05, 0.1) is 4.47 Å². The second kappa shape index (κ2) is 3.38. The molecule has 0 amide bonds. The molecule has 12 heavy (non-hydrogen) atoms. The fraction of sp³-hybridized carbons (Fsp3) is 0.333. The lowest BCUT2D eigenvalue weighted by Gasteiger charge is -1.99. The van der Waals surface area contributed by atoms with Gasteiger partial charge in [-0.3, -0.25) is 0 Å². The van der Waals surface area contributed by atoms with Gasteiger partial charge in [0.25, 0.3) is 0 Å². The lowest BCUT2D eigenvalue weighted by molar-refractivity contribution is 0.617. The highest BCUT2D eigenvalue weighted by Gasteiger charge is 2.22. The molecule has 0 N–H and O–H groups in total. The first kappa shape index (κ1) is 8.57. The highest BCUT2D eigenvalue weighted by molar-refractivity contribution is 9.10. The van der Waals surface area contributed by atoms with Crippen LogP contribution in [0, 0.1) is 5.82 Å². The number of hydrogen-bond donors (Lipinski definition) is 0. The van der Waals surface area contributed by atoms with Crippen molar-refractivity contribution < 1.29 is 4.39 Å². The Bertz CT molecular complexity index is 297. The van der Waals surface area contributed by atoms with E-state index in [0.29, 0.717) is 4.47 Å². The lowest BCUT2D eigenvalue weighted by atomic mass is 10.3. The molecular formula is C9H8BrFS. The first-order chi connectivity index (χ1) is 5.75. The second-order valence-corrected chi connectivity index (χ2v) is 5.12.